The fraction of sp³-hybridized carbons (Fsp3) is 0. The summed E-state index contributed by atoms with van der Waals surface area (Å²) in [5, 5.41) is 22.0. The molecule has 0 fully saturated rings. The Kier molecular flexibility index (Phi) is 18.9. The fourth-order valence-corrected chi connectivity index (χ4v) is 23.9. The van der Waals surface area contributed by atoms with Crippen LogP contribution in [0.4, 0.5) is 0 Å². The van der Waals surface area contributed by atoms with Gasteiger partial charge in [0.15, 0.2) is 11.2 Å². The monoisotopic (exact) mass is 1870 g/mol. The van der Waals surface area contributed by atoms with Crippen molar-refractivity contribution in [3.63, 3.8) is 0 Å². The van der Waals surface area contributed by atoms with Gasteiger partial charge in [-0.1, -0.05) is 322 Å². The van der Waals surface area contributed by atoms with E-state index in [0.717, 1.165) is 83.2 Å². The summed E-state index contributed by atoms with van der Waals surface area (Å²) in [5.41, 5.74) is 37.9. The molecule has 32 aromatic rings. The third-order valence-electron chi connectivity index (χ3n) is 30.5. The number of hydrogen-bond donors (Lipinski definition) is 0. The second kappa shape index (κ2) is 33.5. The van der Waals surface area contributed by atoms with Gasteiger partial charge in [0.1, 0.15) is 11.2 Å². The largest absolute Gasteiger partial charge is 0.454 e. The Morgan fingerprint density at radius 3 is 0.633 bits per heavy atom. The van der Waals surface area contributed by atoms with E-state index < -0.39 is 0 Å². The molecule has 686 valence electrons. The Hall–Kier alpha value is -19.7. The van der Waals surface area contributed by atoms with Crippen molar-refractivity contribution in [3.05, 3.63) is 528 Å². The molecular weight excluding hydrogens is 1790 g/mol. The number of rotatable bonds is 11. The minimum Gasteiger partial charge on any atom is -0.454 e. The fourth-order valence-electron chi connectivity index (χ4n) is 23.9. The van der Waals surface area contributed by atoms with Gasteiger partial charge < -0.3 is 40.8 Å². The van der Waals surface area contributed by atoms with E-state index in [9.17, 15) is 0 Å². The zero-order valence-corrected chi connectivity index (χ0v) is 79.7. The lowest BCUT2D eigenvalue weighted by molar-refractivity contribution is 0.666. The molecule has 147 heavy (non-hydrogen) atoms. The lowest BCUT2D eigenvalue weighted by atomic mass is 10.0. The molecule has 0 aliphatic heterocycles. The van der Waals surface area contributed by atoms with Gasteiger partial charge in [0.2, 0.25) is 0 Å². The van der Waals surface area contributed by atoms with Gasteiger partial charge >= 0.3 is 0 Å². The summed E-state index contributed by atoms with van der Waals surface area (Å²) in [5.74, 6) is 0. The molecule has 23 aromatic carbocycles. The average Bonchev–Trinajstić information content (AvgIpc) is 1.58. The topological polar surface area (TPSA) is 60.8 Å². The van der Waals surface area contributed by atoms with E-state index in [1.165, 1.54) is 198 Å². The maximum atomic E-state index is 6.51. The van der Waals surface area contributed by atoms with Crippen LogP contribution in [0.5, 0.6) is 0 Å². The SMILES string of the molecule is c1ccc(-c2cccc(-n3c4ccccc4c4cc(-c5ccc6c(c5)c5ccccc5n6-c5cccc6c5oc5ccccc56)ccc43)c2)cc1.c1ccc(-n2c3ccccc3c3cc(-c4ccc5c(c4)c4ccccc4n5-c4ccc5c(c4)c4ccccc4n5-c4ccccc4)ccc32)cc1.c1ccc(-n2c3ccccc3c3cc(-c4ccc5c(c4)c4ccccc4n5-c4cccc5c4oc4ccccc45)ccc32)cc1. The van der Waals surface area contributed by atoms with E-state index in [1.54, 1.807) is 0 Å². The first-order valence-electron chi connectivity index (χ1n) is 50.3. The number of nitrogens with zero attached hydrogens (tertiary/aromatic N) is 7. The zero-order valence-electron chi connectivity index (χ0n) is 79.7. The Bertz CT molecular complexity index is 11000. The van der Waals surface area contributed by atoms with Crippen LogP contribution in [0.25, 0.3) is 281 Å². The van der Waals surface area contributed by atoms with Crippen LogP contribution in [0.2, 0.25) is 0 Å². The van der Waals surface area contributed by atoms with Crippen molar-refractivity contribution >= 4 is 197 Å². The smallest absolute Gasteiger partial charge is 0.159 e. The van der Waals surface area contributed by atoms with Crippen LogP contribution in [-0.4, -0.2) is 32.0 Å². The van der Waals surface area contributed by atoms with Gasteiger partial charge in [-0.3, -0.25) is 0 Å². The summed E-state index contributed by atoms with van der Waals surface area (Å²) in [6.07, 6.45) is 0. The molecule has 0 atom stereocenters. The summed E-state index contributed by atoms with van der Waals surface area (Å²) in [6.45, 7) is 0. The number of benzene rings is 23. The standard InChI is InChI=1S/C48H31N3.C48H30N2O.C42H26N2O/c1-3-13-34(14-4-1)49-43-20-10-7-17-37(43)40-29-32(23-26-46(40)49)33-24-27-47-41(30-33)38-18-8-12-22-45(38)51(47)36-25-28-48-42(31-36)39-19-9-11-21-44(39)50(48)35-15-5-2-6-16-35;1-2-12-31(13-3-1)32-14-10-15-35(28-32)49-42-20-7-4-16-36(42)40-29-33(24-26-44(40)49)34-25-27-45-41(30-34)37-17-5-8-21-43(37)50(45)46-22-11-19-39-38-18-6-9-23-47(38)51-48(39)46;1-2-11-29(12-3-1)43-36-17-7-4-13-30(36)34-25-27(21-23-38(34)43)28-22-24-39-35(26-28)31-14-5-8-18-37(31)44(39)40-19-10-16-33-32-15-6-9-20-41(32)45-42(33)40/h1-31H;1-30H;1-26H. The maximum absolute atomic E-state index is 6.51. The van der Waals surface area contributed by atoms with Gasteiger partial charge in [-0.25, -0.2) is 0 Å². The van der Waals surface area contributed by atoms with Crippen molar-refractivity contribution in [2.45, 2.75) is 0 Å². The molecule has 9 nitrogen and oxygen atoms in total. The summed E-state index contributed by atoms with van der Waals surface area (Å²) in [6, 6.07) is 190. The third kappa shape index (κ3) is 13.2. The van der Waals surface area contributed by atoms with Crippen molar-refractivity contribution < 1.29 is 8.83 Å². The Labute approximate surface area is 843 Å². The van der Waals surface area contributed by atoms with Gasteiger partial charge in [0, 0.05) is 125 Å². The van der Waals surface area contributed by atoms with Gasteiger partial charge in [0.25, 0.3) is 0 Å². The predicted molar refractivity (Wildman–Crippen MR) is 616 cm³/mol. The average molecular weight is 1880 g/mol. The quantitative estimate of drug-likeness (QED) is 0.130. The van der Waals surface area contributed by atoms with Gasteiger partial charge in [-0.05, 0) is 251 Å². The van der Waals surface area contributed by atoms with Crippen molar-refractivity contribution in [1.29, 1.82) is 0 Å². The highest BCUT2D eigenvalue weighted by Gasteiger charge is 2.26. The molecule has 0 spiro atoms. The van der Waals surface area contributed by atoms with Gasteiger partial charge in [0.05, 0.1) is 88.6 Å². The minimum absolute atomic E-state index is 0.904. The third-order valence-corrected chi connectivity index (χ3v) is 30.5. The molecule has 0 amide bonds. The van der Waals surface area contributed by atoms with E-state index in [2.05, 4.69) is 535 Å². The highest BCUT2D eigenvalue weighted by molar-refractivity contribution is 6.20. The molecule has 0 aliphatic rings. The van der Waals surface area contributed by atoms with E-state index in [4.69, 9.17) is 8.83 Å². The molecule has 0 saturated heterocycles. The second-order valence-corrected chi connectivity index (χ2v) is 38.5. The molecule has 9 aromatic heterocycles. The molecular formula is C138H87N7O2. The summed E-state index contributed by atoms with van der Waals surface area (Å²) in [4.78, 5) is 0. The van der Waals surface area contributed by atoms with E-state index in [0.29, 0.717) is 0 Å². The van der Waals surface area contributed by atoms with Crippen LogP contribution in [0.1, 0.15) is 0 Å². The first-order chi connectivity index (χ1) is 72.9. The van der Waals surface area contributed by atoms with Crippen LogP contribution in [-0.2, 0) is 0 Å². The maximum Gasteiger partial charge on any atom is 0.159 e. The summed E-state index contributed by atoms with van der Waals surface area (Å²) >= 11 is 0. The van der Waals surface area contributed by atoms with Gasteiger partial charge in [-0.2, -0.15) is 0 Å². The number of fused-ring (bicyclic) bond motifs is 27. The van der Waals surface area contributed by atoms with Gasteiger partial charge in [-0.15, -0.1) is 0 Å². The number of furan rings is 2. The van der Waals surface area contributed by atoms with Crippen LogP contribution in [0, 0.1) is 0 Å². The first-order valence-corrected chi connectivity index (χ1v) is 50.3. The Balaban J connectivity index is 0.000000102. The van der Waals surface area contributed by atoms with Crippen LogP contribution in [0.3, 0.4) is 0 Å². The van der Waals surface area contributed by atoms with Crippen LogP contribution < -0.4 is 0 Å². The molecule has 0 radical (unpaired) electrons. The molecule has 0 N–H and O–H groups in total. The number of hydrogen-bond acceptors (Lipinski definition) is 2. The van der Waals surface area contributed by atoms with Crippen molar-refractivity contribution in [2.75, 3.05) is 0 Å². The zero-order chi connectivity index (χ0) is 96.4. The van der Waals surface area contributed by atoms with E-state index in [1.807, 2.05) is 24.3 Å². The Morgan fingerprint density at radius 1 is 0.109 bits per heavy atom. The lowest BCUT2D eigenvalue weighted by Crippen LogP contribution is -1.95. The number of aromatic nitrogens is 7. The number of para-hydroxylation sites is 14. The molecule has 0 saturated carbocycles. The molecule has 0 aliphatic carbocycles. The molecule has 0 unspecified atom stereocenters. The van der Waals surface area contributed by atoms with Crippen LogP contribution >= 0.6 is 0 Å². The molecule has 0 bridgehead atoms. The van der Waals surface area contributed by atoms with E-state index in [-0.39, 0.29) is 0 Å². The molecule has 9 heteroatoms. The summed E-state index contributed by atoms with van der Waals surface area (Å²) < 4.78 is 29.7. The van der Waals surface area contributed by atoms with Crippen molar-refractivity contribution in [2.24, 2.45) is 0 Å². The van der Waals surface area contributed by atoms with E-state index >= 15 is 0 Å². The predicted octanol–water partition coefficient (Wildman–Crippen LogP) is 37.2. The Morgan fingerprint density at radius 2 is 0.313 bits per heavy atom. The second-order valence-electron chi connectivity index (χ2n) is 38.5. The lowest BCUT2D eigenvalue weighted by Gasteiger charge is -2.11. The van der Waals surface area contributed by atoms with Crippen molar-refractivity contribution in [1.82, 2.24) is 32.0 Å². The minimum atomic E-state index is 0.904. The first kappa shape index (κ1) is 83.1. The van der Waals surface area contributed by atoms with Crippen LogP contribution in [0.15, 0.2) is 537 Å². The highest BCUT2D eigenvalue weighted by atomic mass is 16.3. The van der Waals surface area contributed by atoms with Crippen molar-refractivity contribution in [3.8, 4) is 84.3 Å². The molecule has 9 heterocycles. The normalized spacial score (nSPS) is 11.9. The summed E-state index contributed by atoms with van der Waals surface area (Å²) in [7, 11) is 0. The molecule has 32 rings (SSSR count). The highest BCUT2D eigenvalue weighted by Crippen LogP contribution is 2.48.